The summed E-state index contributed by atoms with van der Waals surface area (Å²) in [7, 11) is 4.02. The molecule has 0 radical (unpaired) electrons. The highest BCUT2D eigenvalue weighted by Gasteiger charge is 2.16. The van der Waals surface area contributed by atoms with Crippen LogP contribution >= 0.6 is 11.6 Å². The van der Waals surface area contributed by atoms with Crippen LogP contribution in [0, 0.1) is 17.1 Å². The Hall–Kier alpha value is -3.34. The van der Waals surface area contributed by atoms with E-state index in [2.05, 4.69) is 32.7 Å². The number of hydrogen-bond donors (Lipinski definition) is 2. The number of rotatable bonds is 9. The predicted molar refractivity (Wildman–Crippen MR) is 129 cm³/mol. The van der Waals surface area contributed by atoms with Gasteiger partial charge >= 0.3 is 0 Å². The van der Waals surface area contributed by atoms with Crippen LogP contribution in [0.4, 0.5) is 21.5 Å². The van der Waals surface area contributed by atoms with E-state index in [9.17, 15) is 9.65 Å². The minimum Gasteiger partial charge on any atom is -0.492 e. The van der Waals surface area contributed by atoms with Crippen molar-refractivity contribution in [2.24, 2.45) is 0 Å². The van der Waals surface area contributed by atoms with Crippen molar-refractivity contribution in [3.05, 3.63) is 65.1 Å². The van der Waals surface area contributed by atoms with Gasteiger partial charge in [-0.15, -0.1) is 0 Å². The van der Waals surface area contributed by atoms with Crippen molar-refractivity contribution in [2.75, 3.05) is 44.4 Å². The number of nitriles is 1. The molecule has 8 heteroatoms. The van der Waals surface area contributed by atoms with Crippen LogP contribution in [-0.4, -0.2) is 43.7 Å². The third-order valence-electron chi connectivity index (χ3n) is 4.64. The van der Waals surface area contributed by atoms with Gasteiger partial charge in [0.15, 0.2) is 0 Å². The summed E-state index contributed by atoms with van der Waals surface area (Å²) in [6.45, 7) is 3.85. The highest BCUT2D eigenvalue weighted by atomic mass is 35.5. The van der Waals surface area contributed by atoms with E-state index in [-0.39, 0.29) is 5.02 Å². The number of nitrogens with one attached hydrogen (secondary N) is 2. The first-order chi connectivity index (χ1) is 15.4. The van der Waals surface area contributed by atoms with Gasteiger partial charge in [0.1, 0.15) is 23.3 Å². The van der Waals surface area contributed by atoms with Crippen LogP contribution in [0.25, 0.3) is 10.9 Å². The van der Waals surface area contributed by atoms with Crippen molar-refractivity contribution >= 4 is 39.6 Å². The summed E-state index contributed by atoms with van der Waals surface area (Å²) in [4.78, 5) is 6.61. The third kappa shape index (κ3) is 5.47. The first-order valence-electron chi connectivity index (χ1n) is 10.2. The first kappa shape index (κ1) is 23.3. The zero-order valence-electron chi connectivity index (χ0n) is 18.2. The average Bonchev–Trinajstić information content (AvgIpc) is 2.77. The molecule has 0 aliphatic heterocycles. The molecule has 1 aromatic heterocycles. The quantitative estimate of drug-likeness (QED) is 0.412. The van der Waals surface area contributed by atoms with Crippen LogP contribution in [0.1, 0.15) is 12.5 Å². The molecular formula is C24H25ClFN5O. The van der Waals surface area contributed by atoms with E-state index >= 15 is 0 Å². The fraction of sp³-hybridized carbons (Fsp3) is 0.250. The molecule has 0 unspecified atom stereocenters. The lowest BCUT2D eigenvalue weighted by molar-refractivity contribution is 0.342. The number of halogens is 2. The summed E-state index contributed by atoms with van der Waals surface area (Å²) in [5, 5.41) is 17.0. The summed E-state index contributed by atoms with van der Waals surface area (Å²) < 4.78 is 19.4. The lowest BCUT2D eigenvalue weighted by Crippen LogP contribution is -2.11. The highest BCUT2D eigenvalue weighted by molar-refractivity contribution is 6.31. The van der Waals surface area contributed by atoms with Crippen molar-refractivity contribution in [1.82, 2.24) is 9.88 Å². The minimum absolute atomic E-state index is 0.00244. The molecule has 0 aliphatic carbocycles. The van der Waals surface area contributed by atoms with Crippen LogP contribution in [0.3, 0.4) is 0 Å². The molecule has 2 N–H and O–H groups in total. The van der Waals surface area contributed by atoms with Crippen molar-refractivity contribution in [3.63, 3.8) is 0 Å². The molecule has 0 fully saturated rings. The van der Waals surface area contributed by atoms with Gasteiger partial charge in [0.25, 0.3) is 0 Å². The fourth-order valence-electron chi connectivity index (χ4n) is 3.16. The van der Waals surface area contributed by atoms with Gasteiger partial charge in [0.05, 0.1) is 28.4 Å². The molecule has 3 rings (SSSR count). The number of fused-ring (bicyclic) bond motifs is 1. The van der Waals surface area contributed by atoms with E-state index in [0.717, 1.165) is 17.6 Å². The smallest absolute Gasteiger partial charge is 0.144 e. The van der Waals surface area contributed by atoms with E-state index in [1.165, 1.54) is 18.3 Å². The molecule has 0 atom stereocenters. The van der Waals surface area contributed by atoms with E-state index in [1.54, 1.807) is 6.07 Å². The second-order valence-corrected chi connectivity index (χ2v) is 7.70. The van der Waals surface area contributed by atoms with Gasteiger partial charge in [0.2, 0.25) is 0 Å². The minimum atomic E-state index is -0.507. The molecule has 0 amide bonds. The highest BCUT2D eigenvalue weighted by Crippen LogP contribution is 2.38. The Bertz CT molecular complexity index is 1170. The summed E-state index contributed by atoms with van der Waals surface area (Å²) >= 11 is 5.93. The van der Waals surface area contributed by atoms with Gasteiger partial charge in [-0.3, -0.25) is 4.98 Å². The standard InChI is InChI=1S/C24H25ClFN5O/c1-4-32-21-10-8-18-22(30-17-7-9-20(26)19(25)13-17)16(14-27)15-29-23(18)24(21)28-11-5-6-12-31(2)3/h5-10,13,15,28H,4,11-12H2,1-3H3,(H,29,30). The fourth-order valence-corrected chi connectivity index (χ4v) is 3.34. The van der Waals surface area contributed by atoms with Crippen molar-refractivity contribution in [3.8, 4) is 11.8 Å². The van der Waals surface area contributed by atoms with Gasteiger partial charge in [-0.1, -0.05) is 23.8 Å². The number of likely N-dealkylation sites (N-methyl/N-ethyl adjacent to an activating group) is 1. The molecule has 1 heterocycles. The summed E-state index contributed by atoms with van der Waals surface area (Å²) in [5.74, 6) is 0.168. The van der Waals surface area contributed by atoms with Gasteiger partial charge < -0.3 is 20.3 Å². The number of hydrogen-bond acceptors (Lipinski definition) is 6. The number of ether oxygens (including phenoxy) is 1. The van der Waals surface area contributed by atoms with Gasteiger partial charge in [0, 0.05) is 30.4 Å². The largest absolute Gasteiger partial charge is 0.492 e. The molecule has 0 saturated carbocycles. The number of nitrogens with zero attached hydrogens (tertiary/aromatic N) is 3. The molecule has 0 spiro atoms. The molecular weight excluding hydrogens is 429 g/mol. The van der Waals surface area contributed by atoms with Gasteiger partial charge in [-0.2, -0.15) is 5.26 Å². The molecule has 3 aromatic rings. The maximum absolute atomic E-state index is 13.6. The summed E-state index contributed by atoms with van der Waals surface area (Å²) in [6.07, 6.45) is 5.63. The van der Waals surface area contributed by atoms with Gasteiger partial charge in [-0.25, -0.2) is 4.39 Å². The Morgan fingerprint density at radius 3 is 2.72 bits per heavy atom. The molecule has 2 aromatic carbocycles. The number of pyridine rings is 1. The Morgan fingerprint density at radius 2 is 2.03 bits per heavy atom. The van der Waals surface area contributed by atoms with E-state index < -0.39 is 5.82 Å². The van der Waals surface area contributed by atoms with Crippen LogP contribution in [-0.2, 0) is 0 Å². The second-order valence-electron chi connectivity index (χ2n) is 7.29. The summed E-state index contributed by atoms with van der Waals surface area (Å²) in [5.41, 5.74) is 2.89. The normalized spacial score (nSPS) is 11.2. The molecule has 0 saturated heterocycles. The Balaban J connectivity index is 2.04. The lowest BCUT2D eigenvalue weighted by Gasteiger charge is -2.17. The van der Waals surface area contributed by atoms with E-state index in [4.69, 9.17) is 16.3 Å². The Labute approximate surface area is 192 Å². The zero-order valence-corrected chi connectivity index (χ0v) is 19.0. The molecule has 0 aliphatic rings. The van der Waals surface area contributed by atoms with Crippen molar-refractivity contribution in [1.29, 1.82) is 5.26 Å². The second kappa shape index (κ2) is 10.8. The molecule has 166 valence electrons. The lowest BCUT2D eigenvalue weighted by atomic mass is 10.1. The number of aromatic nitrogens is 1. The van der Waals surface area contributed by atoms with Gasteiger partial charge in [-0.05, 0) is 51.4 Å². The molecule has 32 heavy (non-hydrogen) atoms. The van der Waals surface area contributed by atoms with Crippen molar-refractivity contribution in [2.45, 2.75) is 6.92 Å². The van der Waals surface area contributed by atoms with Crippen molar-refractivity contribution < 1.29 is 9.13 Å². The zero-order chi connectivity index (χ0) is 23.1. The number of benzene rings is 2. The number of anilines is 3. The Kier molecular flexibility index (Phi) is 7.87. The predicted octanol–water partition coefficient (Wildman–Crippen LogP) is 5.57. The third-order valence-corrected chi connectivity index (χ3v) is 4.93. The van der Waals surface area contributed by atoms with Crippen LogP contribution < -0.4 is 15.4 Å². The van der Waals surface area contributed by atoms with E-state index in [0.29, 0.717) is 41.4 Å². The van der Waals surface area contributed by atoms with Crippen LogP contribution in [0.2, 0.25) is 5.02 Å². The van der Waals surface area contributed by atoms with E-state index in [1.807, 2.05) is 39.2 Å². The summed E-state index contributed by atoms with van der Waals surface area (Å²) in [6, 6.07) is 10.2. The first-order valence-corrected chi connectivity index (χ1v) is 10.6. The topological polar surface area (TPSA) is 73.2 Å². The average molecular weight is 454 g/mol. The Morgan fingerprint density at radius 1 is 1.22 bits per heavy atom. The van der Waals surface area contributed by atoms with Crippen LogP contribution in [0.5, 0.6) is 5.75 Å². The maximum atomic E-state index is 13.6. The van der Waals surface area contributed by atoms with Crippen LogP contribution in [0.15, 0.2) is 48.7 Å². The maximum Gasteiger partial charge on any atom is 0.144 e. The molecule has 6 nitrogen and oxygen atoms in total. The molecule has 0 bridgehead atoms. The SMILES string of the molecule is CCOc1ccc2c(Nc3ccc(F)c(Cl)c3)c(C#N)cnc2c1NCC=CCN(C)C. The monoisotopic (exact) mass is 453 g/mol.